The highest BCUT2D eigenvalue weighted by Gasteiger charge is 1.92. The van der Waals surface area contributed by atoms with Crippen LogP contribution in [0.1, 0.15) is 23.4 Å². The summed E-state index contributed by atoms with van der Waals surface area (Å²) in [7, 11) is 0. The van der Waals surface area contributed by atoms with Crippen LogP contribution in [0.3, 0.4) is 0 Å². The predicted molar refractivity (Wildman–Crippen MR) is 61.2 cm³/mol. The molecule has 0 atom stereocenters. The quantitative estimate of drug-likeness (QED) is 0.728. The molecule has 0 aliphatic heterocycles. The lowest BCUT2D eigenvalue weighted by molar-refractivity contribution is 1.12. The molecule has 0 saturated heterocycles. The molecule has 0 fully saturated rings. The summed E-state index contributed by atoms with van der Waals surface area (Å²) in [6, 6.07) is 4.17. The van der Waals surface area contributed by atoms with Gasteiger partial charge >= 0.3 is 0 Å². The molecular weight excluding hydrogens is 178 g/mol. The largest absolute Gasteiger partial charge is 0.258 e. The Kier molecular flexibility index (Phi) is 4.03. The molecule has 0 aliphatic carbocycles. The van der Waals surface area contributed by atoms with E-state index in [4.69, 9.17) is 0 Å². The molecule has 0 N–H and O–H groups in total. The lowest BCUT2D eigenvalue weighted by atomic mass is 10.2. The maximum Gasteiger partial charge on any atom is 0.0381 e. The molecule has 0 radical (unpaired) electrons. The number of aryl methyl sites for hydroxylation is 2. The van der Waals surface area contributed by atoms with E-state index in [1.54, 1.807) is 0 Å². The van der Waals surface area contributed by atoms with Crippen LogP contribution < -0.4 is 0 Å². The Bertz CT molecular complexity index is 285. The first-order chi connectivity index (χ1) is 6.22. The van der Waals surface area contributed by atoms with Gasteiger partial charge in [-0.1, -0.05) is 12.2 Å². The molecular formula is C11H15NS. The van der Waals surface area contributed by atoms with E-state index in [-0.39, 0.29) is 0 Å². The van der Waals surface area contributed by atoms with Gasteiger partial charge in [0.05, 0.1) is 0 Å². The smallest absolute Gasteiger partial charge is 0.0381 e. The van der Waals surface area contributed by atoms with Crippen LogP contribution in [-0.4, -0.2) is 10.7 Å². The number of rotatable bonds is 3. The van der Waals surface area contributed by atoms with Gasteiger partial charge in [-0.15, -0.1) is 0 Å². The maximum atomic E-state index is 4.31. The number of thiol groups is 1. The number of aromatic nitrogens is 1. The normalized spacial score (nSPS) is 11.0. The molecule has 1 aromatic rings. The van der Waals surface area contributed by atoms with E-state index < -0.39 is 0 Å². The van der Waals surface area contributed by atoms with Crippen molar-refractivity contribution in [1.82, 2.24) is 4.98 Å². The van der Waals surface area contributed by atoms with Gasteiger partial charge in [0.25, 0.3) is 0 Å². The van der Waals surface area contributed by atoms with E-state index in [1.165, 1.54) is 5.56 Å². The summed E-state index contributed by atoms with van der Waals surface area (Å²) in [5.41, 5.74) is 3.38. The number of hydrogen-bond acceptors (Lipinski definition) is 2. The van der Waals surface area contributed by atoms with E-state index in [0.717, 1.165) is 23.6 Å². The second-order valence-electron chi connectivity index (χ2n) is 3.10. The summed E-state index contributed by atoms with van der Waals surface area (Å²) >= 11 is 4.14. The second-order valence-corrected chi connectivity index (χ2v) is 3.55. The summed E-state index contributed by atoms with van der Waals surface area (Å²) < 4.78 is 0. The highest BCUT2D eigenvalue weighted by Crippen LogP contribution is 2.07. The number of nitrogens with zero attached hydrogens (tertiary/aromatic N) is 1. The molecule has 1 aromatic heterocycles. The van der Waals surface area contributed by atoms with Crippen LogP contribution >= 0.6 is 12.6 Å². The highest BCUT2D eigenvalue weighted by atomic mass is 32.1. The number of pyridine rings is 1. The van der Waals surface area contributed by atoms with Gasteiger partial charge in [0.2, 0.25) is 0 Å². The lowest BCUT2D eigenvalue weighted by Crippen LogP contribution is -1.86. The van der Waals surface area contributed by atoms with E-state index in [1.807, 2.05) is 13.8 Å². The monoisotopic (exact) mass is 193 g/mol. The third-order valence-electron chi connectivity index (χ3n) is 1.71. The van der Waals surface area contributed by atoms with Crippen LogP contribution in [0.25, 0.3) is 6.08 Å². The molecule has 0 saturated carbocycles. The molecule has 13 heavy (non-hydrogen) atoms. The van der Waals surface area contributed by atoms with Crippen LogP contribution in [0.15, 0.2) is 18.2 Å². The Morgan fingerprint density at radius 3 is 2.46 bits per heavy atom. The van der Waals surface area contributed by atoms with Gasteiger partial charge in [0.15, 0.2) is 0 Å². The van der Waals surface area contributed by atoms with Crippen molar-refractivity contribution in [3.8, 4) is 0 Å². The molecule has 0 unspecified atom stereocenters. The van der Waals surface area contributed by atoms with Crippen LogP contribution in [-0.2, 0) is 0 Å². The molecule has 0 bridgehead atoms. The molecule has 2 heteroatoms. The third kappa shape index (κ3) is 3.64. The minimum atomic E-state index is 0.902. The minimum Gasteiger partial charge on any atom is -0.258 e. The number of hydrogen-bond donors (Lipinski definition) is 1. The van der Waals surface area contributed by atoms with Crippen molar-refractivity contribution >= 4 is 18.7 Å². The first-order valence-electron chi connectivity index (χ1n) is 4.45. The zero-order chi connectivity index (χ0) is 9.68. The summed E-state index contributed by atoms with van der Waals surface area (Å²) in [6.07, 6.45) is 5.28. The van der Waals surface area contributed by atoms with Crippen LogP contribution in [0.4, 0.5) is 0 Å². The van der Waals surface area contributed by atoms with Gasteiger partial charge in [-0.05, 0) is 43.7 Å². The Hall–Kier alpha value is -0.760. The van der Waals surface area contributed by atoms with Gasteiger partial charge in [-0.3, -0.25) is 4.98 Å². The molecule has 0 aliphatic rings. The first kappa shape index (κ1) is 10.3. The second kappa shape index (κ2) is 5.07. The van der Waals surface area contributed by atoms with Gasteiger partial charge in [-0.25, -0.2) is 0 Å². The van der Waals surface area contributed by atoms with Crippen molar-refractivity contribution in [3.05, 3.63) is 35.2 Å². The van der Waals surface area contributed by atoms with E-state index in [0.29, 0.717) is 0 Å². The van der Waals surface area contributed by atoms with E-state index >= 15 is 0 Å². The van der Waals surface area contributed by atoms with E-state index in [9.17, 15) is 0 Å². The zero-order valence-corrected chi connectivity index (χ0v) is 9.01. The van der Waals surface area contributed by atoms with Gasteiger partial charge < -0.3 is 0 Å². The first-order valence-corrected chi connectivity index (χ1v) is 5.08. The molecule has 1 nitrogen and oxygen atoms in total. The zero-order valence-electron chi connectivity index (χ0n) is 8.12. The maximum absolute atomic E-state index is 4.31. The van der Waals surface area contributed by atoms with Crippen molar-refractivity contribution in [2.75, 3.05) is 5.75 Å². The van der Waals surface area contributed by atoms with E-state index in [2.05, 4.69) is 41.9 Å². The molecule has 0 spiro atoms. The van der Waals surface area contributed by atoms with Crippen molar-refractivity contribution in [2.45, 2.75) is 20.3 Å². The van der Waals surface area contributed by atoms with Crippen molar-refractivity contribution in [1.29, 1.82) is 0 Å². The molecule has 1 heterocycles. The summed E-state index contributed by atoms with van der Waals surface area (Å²) in [5.74, 6) is 0.902. The highest BCUT2D eigenvalue weighted by molar-refractivity contribution is 7.80. The van der Waals surface area contributed by atoms with Crippen LogP contribution in [0.2, 0.25) is 0 Å². The third-order valence-corrected chi connectivity index (χ3v) is 1.97. The van der Waals surface area contributed by atoms with Crippen molar-refractivity contribution in [2.24, 2.45) is 0 Å². The Morgan fingerprint density at radius 2 is 1.92 bits per heavy atom. The SMILES string of the molecule is Cc1cc(C=CCCS)cc(C)n1. The Morgan fingerprint density at radius 1 is 1.31 bits per heavy atom. The number of allylic oxidation sites excluding steroid dienone is 1. The molecule has 70 valence electrons. The lowest BCUT2D eigenvalue weighted by Gasteiger charge is -1.98. The topological polar surface area (TPSA) is 12.9 Å². The summed E-state index contributed by atoms with van der Waals surface area (Å²) in [4.78, 5) is 4.31. The Balaban J connectivity index is 2.77. The van der Waals surface area contributed by atoms with Gasteiger partial charge in [0.1, 0.15) is 0 Å². The average molecular weight is 193 g/mol. The fraction of sp³-hybridized carbons (Fsp3) is 0.364. The summed E-state index contributed by atoms with van der Waals surface area (Å²) in [6.45, 7) is 4.03. The Labute approximate surface area is 85.3 Å². The van der Waals surface area contributed by atoms with Gasteiger partial charge in [0, 0.05) is 11.4 Å². The average Bonchev–Trinajstić information content (AvgIpc) is 2.03. The van der Waals surface area contributed by atoms with Crippen LogP contribution in [0.5, 0.6) is 0 Å². The van der Waals surface area contributed by atoms with Crippen molar-refractivity contribution < 1.29 is 0 Å². The fourth-order valence-electron chi connectivity index (χ4n) is 1.26. The van der Waals surface area contributed by atoms with Crippen LogP contribution in [0, 0.1) is 13.8 Å². The molecule has 0 aromatic carbocycles. The predicted octanol–water partition coefficient (Wildman–Crippen LogP) is 3.03. The molecule has 0 amide bonds. The summed E-state index contributed by atoms with van der Waals surface area (Å²) in [5, 5.41) is 0. The fourth-order valence-corrected chi connectivity index (χ4v) is 1.41. The van der Waals surface area contributed by atoms with Gasteiger partial charge in [-0.2, -0.15) is 12.6 Å². The van der Waals surface area contributed by atoms with Crippen molar-refractivity contribution in [3.63, 3.8) is 0 Å². The molecule has 1 rings (SSSR count). The standard InChI is InChI=1S/C11H15NS/c1-9-7-11(5-3-4-6-13)8-10(2)12-9/h3,5,7-8,13H,4,6H2,1-2H3. The minimum absolute atomic E-state index is 0.902.